The first-order chi connectivity index (χ1) is 9.07. The Morgan fingerprint density at radius 1 is 1.21 bits per heavy atom. The van der Waals surface area contributed by atoms with Crippen molar-refractivity contribution < 1.29 is 8.42 Å². The first kappa shape index (κ1) is 17.3. The fourth-order valence-electron chi connectivity index (χ4n) is 2.44. The highest BCUT2D eigenvalue weighted by atomic mass is 32.2. The summed E-state index contributed by atoms with van der Waals surface area (Å²) in [5, 5.41) is 3.87. The van der Waals surface area contributed by atoms with Crippen molar-refractivity contribution in [1.29, 1.82) is 0 Å². The van der Waals surface area contributed by atoms with Crippen LogP contribution in [0.2, 0.25) is 0 Å². The number of hydrogen-bond donors (Lipinski definition) is 2. The summed E-state index contributed by atoms with van der Waals surface area (Å²) >= 11 is 1.95. The average molecular weight is 309 g/mol. The Morgan fingerprint density at radius 2 is 2.00 bits per heavy atom. The second-order valence-corrected chi connectivity index (χ2v) is 8.58. The molecule has 1 aliphatic carbocycles. The Hall–Kier alpha value is 0.220. The van der Waals surface area contributed by atoms with Crippen LogP contribution < -0.4 is 10.0 Å². The van der Waals surface area contributed by atoms with Crippen molar-refractivity contribution in [3.8, 4) is 0 Å². The minimum absolute atomic E-state index is 0.164. The zero-order valence-electron chi connectivity index (χ0n) is 12.2. The lowest BCUT2D eigenvalue weighted by molar-refractivity contribution is 0.548. The largest absolute Gasteiger partial charge is 0.317 e. The van der Waals surface area contributed by atoms with Crippen LogP contribution in [0.5, 0.6) is 0 Å². The van der Waals surface area contributed by atoms with Gasteiger partial charge in [0.1, 0.15) is 0 Å². The highest BCUT2D eigenvalue weighted by Crippen LogP contribution is 2.29. The molecule has 1 saturated carbocycles. The monoisotopic (exact) mass is 308 g/mol. The second-order valence-electron chi connectivity index (χ2n) is 5.13. The molecule has 6 heteroatoms. The van der Waals surface area contributed by atoms with Crippen LogP contribution in [-0.2, 0) is 10.0 Å². The molecule has 0 radical (unpaired) electrons. The van der Waals surface area contributed by atoms with E-state index in [-0.39, 0.29) is 11.8 Å². The Kier molecular flexibility index (Phi) is 8.37. The van der Waals surface area contributed by atoms with Gasteiger partial charge < -0.3 is 5.32 Å². The predicted molar refractivity (Wildman–Crippen MR) is 84.3 cm³/mol. The first-order valence-electron chi connectivity index (χ1n) is 7.39. The van der Waals surface area contributed by atoms with Crippen LogP contribution in [0.4, 0.5) is 0 Å². The van der Waals surface area contributed by atoms with Gasteiger partial charge in [-0.3, -0.25) is 0 Å². The molecule has 0 amide bonds. The predicted octanol–water partition coefficient (Wildman–Crippen LogP) is 1.97. The molecular formula is C13H28N2O2S2. The van der Waals surface area contributed by atoms with E-state index in [1.807, 2.05) is 11.8 Å². The van der Waals surface area contributed by atoms with E-state index < -0.39 is 10.0 Å². The number of thioether (sulfide) groups is 1. The van der Waals surface area contributed by atoms with Gasteiger partial charge in [0.05, 0.1) is 5.75 Å². The zero-order valence-corrected chi connectivity index (χ0v) is 13.8. The van der Waals surface area contributed by atoms with Crippen molar-refractivity contribution in [2.24, 2.45) is 0 Å². The van der Waals surface area contributed by atoms with E-state index in [1.165, 1.54) is 0 Å². The lowest BCUT2D eigenvalue weighted by Gasteiger charge is -2.13. The fraction of sp³-hybridized carbons (Fsp3) is 1.00. The molecular weight excluding hydrogens is 280 g/mol. The molecule has 4 nitrogen and oxygen atoms in total. The highest BCUT2D eigenvalue weighted by Gasteiger charge is 2.27. The summed E-state index contributed by atoms with van der Waals surface area (Å²) < 4.78 is 26.7. The molecule has 19 heavy (non-hydrogen) atoms. The molecule has 2 N–H and O–H groups in total. The SMILES string of the molecule is CCCNCCCS(=O)(=O)NC1CCC(SCC)C1. The normalized spacial score (nSPS) is 23.9. The maximum atomic E-state index is 11.9. The summed E-state index contributed by atoms with van der Waals surface area (Å²) in [6.45, 7) is 6.02. The van der Waals surface area contributed by atoms with Crippen LogP contribution in [-0.4, -0.2) is 44.3 Å². The van der Waals surface area contributed by atoms with Crippen LogP contribution >= 0.6 is 11.8 Å². The Labute approximate surface area is 122 Å². The molecule has 0 spiro atoms. The smallest absolute Gasteiger partial charge is 0.211 e. The van der Waals surface area contributed by atoms with Crippen LogP contribution in [0.25, 0.3) is 0 Å². The van der Waals surface area contributed by atoms with E-state index in [2.05, 4.69) is 23.9 Å². The summed E-state index contributed by atoms with van der Waals surface area (Å²) in [5.41, 5.74) is 0. The molecule has 0 aromatic carbocycles. The van der Waals surface area contributed by atoms with E-state index in [0.29, 0.717) is 11.7 Å². The lowest BCUT2D eigenvalue weighted by Crippen LogP contribution is -2.35. The molecule has 0 aliphatic heterocycles. The van der Waals surface area contributed by atoms with E-state index in [4.69, 9.17) is 0 Å². The van der Waals surface area contributed by atoms with E-state index in [0.717, 1.165) is 44.5 Å². The number of sulfonamides is 1. The molecule has 0 aromatic rings. The number of hydrogen-bond acceptors (Lipinski definition) is 4. The van der Waals surface area contributed by atoms with Crippen molar-refractivity contribution in [1.82, 2.24) is 10.0 Å². The maximum Gasteiger partial charge on any atom is 0.211 e. The molecule has 114 valence electrons. The van der Waals surface area contributed by atoms with Gasteiger partial charge in [-0.05, 0) is 50.9 Å². The number of rotatable bonds is 10. The summed E-state index contributed by atoms with van der Waals surface area (Å²) in [5.74, 6) is 1.36. The fourth-order valence-corrected chi connectivity index (χ4v) is 4.94. The third-order valence-electron chi connectivity index (χ3n) is 3.33. The van der Waals surface area contributed by atoms with Gasteiger partial charge in [-0.15, -0.1) is 0 Å². The molecule has 1 aliphatic rings. The van der Waals surface area contributed by atoms with Gasteiger partial charge in [0.15, 0.2) is 0 Å². The van der Waals surface area contributed by atoms with Gasteiger partial charge in [0, 0.05) is 11.3 Å². The summed E-state index contributed by atoms with van der Waals surface area (Å²) in [4.78, 5) is 0. The topological polar surface area (TPSA) is 58.2 Å². The molecule has 1 rings (SSSR count). The standard InChI is InChI=1S/C13H28N2O2S2/c1-3-8-14-9-5-10-19(16,17)15-12-6-7-13(11-12)18-4-2/h12-15H,3-11H2,1-2H3. The first-order valence-corrected chi connectivity index (χ1v) is 10.1. The van der Waals surface area contributed by atoms with Crippen LogP contribution in [0.3, 0.4) is 0 Å². The molecule has 0 aromatic heterocycles. The van der Waals surface area contributed by atoms with Crippen molar-refractivity contribution in [2.75, 3.05) is 24.6 Å². The maximum absolute atomic E-state index is 11.9. The quantitative estimate of drug-likeness (QED) is 0.606. The van der Waals surface area contributed by atoms with E-state index in [9.17, 15) is 8.42 Å². The van der Waals surface area contributed by atoms with E-state index in [1.54, 1.807) is 0 Å². The van der Waals surface area contributed by atoms with Crippen molar-refractivity contribution in [3.05, 3.63) is 0 Å². The zero-order chi connectivity index (χ0) is 14.1. The lowest BCUT2D eigenvalue weighted by atomic mass is 10.3. The average Bonchev–Trinajstić information content (AvgIpc) is 2.76. The summed E-state index contributed by atoms with van der Waals surface area (Å²) in [6.07, 6.45) is 4.90. The van der Waals surface area contributed by atoms with Gasteiger partial charge in [0.25, 0.3) is 0 Å². The van der Waals surface area contributed by atoms with Crippen molar-refractivity contribution in [3.63, 3.8) is 0 Å². The van der Waals surface area contributed by atoms with E-state index >= 15 is 0 Å². The van der Waals surface area contributed by atoms with Crippen molar-refractivity contribution >= 4 is 21.8 Å². The second kappa shape index (κ2) is 9.21. The Bertz CT molecular complexity index is 334. The molecule has 0 bridgehead atoms. The molecule has 2 unspecified atom stereocenters. The van der Waals surface area contributed by atoms with Gasteiger partial charge >= 0.3 is 0 Å². The minimum atomic E-state index is -3.09. The molecule has 0 saturated heterocycles. The van der Waals surface area contributed by atoms with Crippen molar-refractivity contribution in [2.45, 2.75) is 57.2 Å². The number of nitrogens with one attached hydrogen (secondary N) is 2. The van der Waals surface area contributed by atoms with Crippen LogP contribution in [0, 0.1) is 0 Å². The van der Waals surface area contributed by atoms with Crippen LogP contribution in [0.1, 0.15) is 46.0 Å². The minimum Gasteiger partial charge on any atom is -0.317 e. The molecule has 0 heterocycles. The third kappa shape index (κ3) is 7.54. The van der Waals surface area contributed by atoms with Gasteiger partial charge in [-0.2, -0.15) is 11.8 Å². The highest BCUT2D eigenvalue weighted by molar-refractivity contribution is 7.99. The summed E-state index contributed by atoms with van der Waals surface area (Å²) in [6, 6.07) is 0.164. The Balaban J connectivity index is 2.19. The third-order valence-corrected chi connectivity index (χ3v) is 6.08. The molecule has 2 atom stereocenters. The summed E-state index contributed by atoms with van der Waals surface area (Å²) in [7, 11) is -3.09. The van der Waals surface area contributed by atoms with Crippen LogP contribution in [0.15, 0.2) is 0 Å². The van der Waals surface area contributed by atoms with Gasteiger partial charge in [-0.25, -0.2) is 13.1 Å². The Morgan fingerprint density at radius 3 is 2.68 bits per heavy atom. The van der Waals surface area contributed by atoms with Gasteiger partial charge in [0.2, 0.25) is 10.0 Å². The van der Waals surface area contributed by atoms with Gasteiger partial charge in [-0.1, -0.05) is 13.8 Å². The molecule has 1 fully saturated rings.